The van der Waals surface area contributed by atoms with Crippen LogP contribution in [0.25, 0.3) is 0 Å². The summed E-state index contributed by atoms with van der Waals surface area (Å²) in [5.41, 5.74) is 5.14. The molecule has 0 spiro atoms. The maximum Gasteiger partial charge on any atom is 0.220 e. The molecule has 0 heterocycles. The van der Waals surface area contributed by atoms with Crippen molar-refractivity contribution in [3.63, 3.8) is 0 Å². The number of carbonyl (C=O) groups excluding carboxylic acids is 1. The van der Waals surface area contributed by atoms with Gasteiger partial charge in [0.2, 0.25) is 5.91 Å². The molecule has 1 aliphatic carbocycles. The summed E-state index contributed by atoms with van der Waals surface area (Å²) in [5.74, 6) is 1.15. The average molecular weight is 270 g/mol. The van der Waals surface area contributed by atoms with E-state index in [1.807, 2.05) is 0 Å². The zero-order valence-corrected chi connectivity index (χ0v) is 12.5. The highest BCUT2D eigenvalue weighted by Crippen LogP contribution is 2.32. The van der Waals surface area contributed by atoms with E-state index in [0.717, 1.165) is 32.1 Å². The average Bonchev–Trinajstić information content (AvgIpc) is 2.37. The molecule has 1 rings (SSSR count). The minimum Gasteiger partial charge on any atom is -0.394 e. The SMILES string of the molecule is CC(CCN)CCC(=O)NC1(CO)CCCC(C)C1. The van der Waals surface area contributed by atoms with E-state index < -0.39 is 0 Å². The maximum absolute atomic E-state index is 12.0. The quantitative estimate of drug-likeness (QED) is 0.660. The first-order chi connectivity index (χ1) is 9.01. The molecular weight excluding hydrogens is 240 g/mol. The van der Waals surface area contributed by atoms with Crippen LogP contribution >= 0.6 is 0 Å². The van der Waals surface area contributed by atoms with Gasteiger partial charge in [0.15, 0.2) is 0 Å². The maximum atomic E-state index is 12.0. The summed E-state index contributed by atoms with van der Waals surface area (Å²) in [4.78, 5) is 12.0. The topological polar surface area (TPSA) is 75.4 Å². The highest BCUT2D eigenvalue weighted by molar-refractivity contribution is 5.76. The molecule has 0 aromatic heterocycles. The van der Waals surface area contributed by atoms with Gasteiger partial charge in [0.1, 0.15) is 0 Å². The summed E-state index contributed by atoms with van der Waals surface area (Å²) in [6, 6.07) is 0. The molecule has 4 nitrogen and oxygen atoms in total. The van der Waals surface area contributed by atoms with Gasteiger partial charge in [-0.05, 0) is 44.1 Å². The Kier molecular flexibility index (Phi) is 6.80. The van der Waals surface area contributed by atoms with Crippen molar-refractivity contribution in [2.75, 3.05) is 13.2 Å². The Morgan fingerprint density at radius 1 is 1.53 bits per heavy atom. The minimum absolute atomic E-state index is 0.0570. The van der Waals surface area contributed by atoms with Crippen molar-refractivity contribution in [3.8, 4) is 0 Å². The van der Waals surface area contributed by atoms with E-state index >= 15 is 0 Å². The fraction of sp³-hybridized carbons (Fsp3) is 0.933. The summed E-state index contributed by atoms with van der Waals surface area (Å²) < 4.78 is 0. The van der Waals surface area contributed by atoms with Gasteiger partial charge in [0.05, 0.1) is 12.1 Å². The summed E-state index contributed by atoms with van der Waals surface area (Å²) in [6.07, 6.45) is 6.47. The molecule has 0 radical (unpaired) electrons. The van der Waals surface area contributed by atoms with Gasteiger partial charge in [0, 0.05) is 6.42 Å². The Morgan fingerprint density at radius 3 is 2.84 bits per heavy atom. The molecule has 1 aliphatic rings. The van der Waals surface area contributed by atoms with Gasteiger partial charge in [-0.2, -0.15) is 0 Å². The number of hydrogen-bond donors (Lipinski definition) is 3. The predicted octanol–water partition coefficient (Wildman–Crippen LogP) is 1.81. The first-order valence-electron chi connectivity index (χ1n) is 7.63. The van der Waals surface area contributed by atoms with Gasteiger partial charge in [-0.1, -0.05) is 26.7 Å². The molecule has 4 heteroatoms. The van der Waals surface area contributed by atoms with Crippen LogP contribution in [0.5, 0.6) is 0 Å². The normalized spacial score (nSPS) is 28.9. The second-order valence-corrected chi connectivity index (χ2v) is 6.41. The molecule has 4 N–H and O–H groups in total. The Bertz CT molecular complexity index is 283. The second kappa shape index (κ2) is 7.85. The molecule has 1 fully saturated rings. The number of aliphatic hydroxyl groups is 1. The molecule has 1 saturated carbocycles. The predicted molar refractivity (Wildman–Crippen MR) is 77.7 cm³/mol. The fourth-order valence-electron chi connectivity index (χ4n) is 3.12. The highest BCUT2D eigenvalue weighted by atomic mass is 16.3. The van der Waals surface area contributed by atoms with Crippen LogP contribution in [0.3, 0.4) is 0 Å². The van der Waals surface area contributed by atoms with Crippen molar-refractivity contribution >= 4 is 5.91 Å². The van der Waals surface area contributed by atoms with Crippen molar-refractivity contribution < 1.29 is 9.90 Å². The summed E-state index contributed by atoms with van der Waals surface area (Å²) in [7, 11) is 0. The van der Waals surface area contributed by atoms with Crippen LogP contribution in [-0.2, 0) is 4.79 Å². The van der Waals surface area contributed by atoms with Gasteiger partial charge in [-0.3, -0.25) is 4.79 Å². The number of aliphatic hydroxyl groups excluding tert-OH is 1. The van der Waals surface area contributed by atoms with Gasteiger partial charge in [-0.25, -0.2) is 0 Å². The van der Waals surface area contributed by atoms with Crippen molar-refractivity contribution in [1.29, 1.82) is 0 Å². The summed E-state index contributed by atoms with van der Waals surface area (Å²) in [5, 5.41) is 12.7. The van der Waals surface area contributed by atoms with Gasteiger partial charge < -0.3 is 16.2 Å². The number of rotatable bonds is 7. The molecule has 3 unspecified atom stereocenters. The largest absolute Gasteiger partial charge is 0.394 e. The molecule has 112 valence electrons. The smallest absolute Gasteiger partial charge is 0.220 e. The Hall–Kier alpha value is -0.610. The van der Waals surface area contributed by atoms with Gasteiger partial charge in [-0.15, -0.1) is 0 Å². The van der Waals surface area contributed by atoms with Crippen LogP contribution in [0.15, 0.2) is 0 Å². The third kappa shape index (κ3) is 5.49. The standard InChI is InChI=1S/C15H30N2O2/c1-12(7-9-16)5-6-14(19)17-15(11-18)8-3-4-13(2)10-15/h12-13,18H,3-11,16H2,1-2H3,(H,17,19). The van der Waals surface area contributed by atoms with Crippen LogP contribution in [0.4, 0.5) is 0 Å². The second-order valence-electron chi connectivity index (χ2n) is 6.41. The van der Waals surface area contributed by atoms with Crippen LogP contribution in [0, 0.1) is 11.8 Å². The number of carbonyl (C=O) groups is 1. The highest BCUT2D eigenvalue weighted by Gasteiger charge is 2.35. The first kappa shape index (κ1) is 16.4. The summed E-state index contributed by atoms with van der Waals surface area (Å²) >= 11 is 0. The number of nitrogens with two attached hydrogens (primary N) is 1. The molecular formula is C15H30N2O2. The Labute approximate surface area is 117 Å². The summed E-state index contributed by atoms with van der Waals surface area (Å²) in [6.45, 7) is 5.06. The van der Waals surface area contributed by atoms with E-state index in [4.69, 9.17) is 5.73 Å². The molecule has 3 atom stereocenters. The van der Waals surface area contributed by atoms with Crippen molar-refractivity contribution in [3.05, 3.63) is 0 Å². The lowest BCUT2D eigenvalue weighted by Gasteiger charge is -2.39. The zero-order chi connectivity index (χ0) is 14.3. The Morgan fingerprint density at radius 2 is 2.26 bits per heavy atom. The lowest BCUT2D eigenvalue weighted by molar-refractivity contribution is -0.124. The number of amides is 1. The van der Waals surface area contributed by atoms with Crippen molar-refractivity contribution in [2.24, 2.45) is 17.6 Å². The lowest BCUT2D eigenvalue weighted by atomic mass is 9.76. The molecule has 0 aromatic rings. The van der Waals surface area contributed by atoms with E-state index in [1.165, 1.54) is 6.42 Å². The van der Waals surface area contributed by atoms with Crippen LogP contribution < -0.4 is 11.1 Å². The Balaban J connectivity index is 2.40. The van der Waals surface area contributed by atoms with E-state index in [1.54, 1.807) is 0 Å². The number of nitrogens with one attached hydrogen (secondary N) is 1. The lowest BCUT2D eigenvalue weighted by Crippen LogP contribution is -2.53. The molecule has 0 saturated heterocycles. The van der Waals surface area contributed by atoms with Crippen LogP contribution in [0.1, 0.15) is 58.8 Å². The van der Waals surface area contributed by atoms with E-state index in [2.05, 4.69) is 19.2 Å². The van der Waals surface area contributed by atoms with E-state index in [9.17, 15) is 9.90 Å². The minimum atomic E-state index is -0.369. The third-order valence-electron chi connectivity index (χ3n) is 4.32. The molecule has 1 amide bonds. The molecule has 0 aliphatic heterocycles. The monoisotopic (exact) mass is 270 g/mol. The number of hydrogen-bond acceptors (Lipinski definition) is 3. The molecule has 0 aromatic carbocycles. The van der Waals surface area contributed by atoms with Crippen LogP contribution in [-0.4, -0.2) is 29.7 Å². The van der Waals surface area contributed by atoms with Crippen molar-refractivity contribution in [2.45, 2.75) is 64.3 Å². The zero-order valence-electron chi connectivity index (χ0n) is 12.5. The molecule has 19 heavy (non-hydrogen) atoms. The van der Waals surface area contributed by atoms with Crippen LogP contribution in [0.2, 0.25) is 0 Å². The van der Waals surface area contributed by atoms with Gasteiger partial charge >= 0.3 is 0 Å². The first-order valence-corrected chi connectivity index (χ1v) is 7.63. The third-order valence-corrected chi connectivity index (χ3v) is 4.32. The van der Waals surface area contributed by atoms with E-state index in [0.29, 0.717) is 24.8 Å². The van der Waals surface area contributed by atoms with Crippen molar-refractivity contribution in [1.82, 2.24) is 5.32 Å². The van der Waals surface area contributed by atoms with Gasteiger partial charge in [0.25, 0.3) is 0 Å². The fourth-order valence-corrected chi connectivity index (χ4v) is 3.12. The van der Waals surface area contributed by atoms with E-state index in [-0.39, 0.29) is 18.1 Å². The molecule has 0 bridgehead atoms.